The van der Waals surface area contributed by atoms with Gasteiger partial charge in [0, 0.05) is 17.1 Å². The molecule has 1 heterocycles. The summed E-state index contributed by atoms with van der Waals surface area (Å²) < 4.78 is 0. The van der Waals surface area contributed by atoms with Crippen LogP contribution in [0.4, 0.5) is 34.9 Å². The van der Waals surface area contributed by atoms with E-state index in [1.165, 1.54) is 16.2 Å². The highest BCUT2D eigenvalue weighted by Gasteiger charge is 2.09. The van der Waals surface area contributed by atoms with Crippen LogP contribution in [0.5, 0.6) is 0 Å². The summed E-state index contributed by atoms with van der Waals surface area (Å²) in [4.78, 5) is 13.8. The van der Waals surface area contributed by atoms with Gasteiger partial charge in [-0.3, -0.25) is 0 Å². The molecular formula is C29H22N6. The Labute approximate surface area is 202 Å². The van der Waals surface area contributed by atoms with E-state index < -0.39 is 0 Å². The first-order valence-corrected chi connectivity index (χ1v) is 11.4. The smallest absolute Gasteiger partial charge is 0.233 e. The van der Waals surface area contributed by atoms with Crippen molar-refractivity contribution < 1.29 is 0 Å². The lowest BCUT2D eigenvalue weighted by molar-refractivity contribution is 1.06. The van der Waals surface area contributed by atoms with Crippen LogP contribution in [0.1, 0.15) is 0 Å². The average molecular weight is 455 g/mol. The van der Waals surface area contributed by atoms with E-state index >= 15 is 0 Å². The average Bonchev–Trinajstić information content (AvgIpc) is 2.88. The minimum Gasteiger partial charge on any atom is -0.324 e. The van der Waals surface area contributed by atoms with E-state index in [4.69, 9.17) is 0 Å². The summed E-state index contributed by atoms with van der Waals surface area (Å²) in [5, 5.41) is 14.6. The van der Waals surface area contributed by atoms with Gasteiger partial charge in [0.1, 0.15) is 0 Å². The van der Waals surface area contributed by atoms with E-state index in [1.54, 1.807) is 0 Å². The molecule has 0 aliphatic heterocycles. The molecule has 6 rings (SSSR count). The molecule has 0 atom stereocenters. The van der Waals surface area contributed by atoms with Crippen LogP contribution < -0.4 is 16.0 Å². The van der Waals surface area contributed by atoms with Gasteiger partial charge >= 0.3 is 0 Å². The number of para-hydroxylation sites is 2. The van der Waals surface area contributed by atoms with Crippen molar-refractivity contribution in [2.45, 2.75) is 0 Å². The van der Waals surface area contributed by atoms with Crippen LogP contribution in [-0.4, -0.2) is 15.0 Å². The fourth-order valence-corrected chi connectivity index (χ4v) is 3.99. The second-order valence-corrected chi connectivity index (χ2v) is 8.17. The topological polar surface area (TPSA) is 74.8 Å². The van der Waals surface area contributed by atoms with Crippen molar-refractivity contribution in [3.05, 3.63) is 115 Å². The Balaban J connectivity index is 1.35. The molecule has 0 fully saturated rings. The number of fused-ring (bicyclic) bond motifs is 2. The zero-order valence-corrected chi connectivity index (χ0v) is 18.8. The fourth-order valence-electron chi connectivity index (χ4n) is 3.99. The number of nitrogens with one attached hydrogen (secondary N) is 3. The summed E-state index contributed by atoms with van der Waals surface area (Å²) in [6, 6.07) is 38.7. The lowest BCUT2D eigenvalue weighted by atomic mass is 10.0. The Morgan fingerprint density at radius 2 is 0.771 bits per heavy atom. The fraction of sp³-hybridized carbons (Fsp3) is 0. The zero-order valence-electron chi connectivity index (χ0n) is 18.8. The van der Waals surface area contributed by atoms with Crippen molar-refractivity contribution in [2.75, 3.05) is 16.0 Å². The van der Waals surface area contributed by atoms with Gasteiger partial charge in [0.25, 0.3) is 0 Å². The number of nitrogens with zero attached hydrogens (tertiary/aromatic N) is 3. The molecule has 168 valence electrons. The van der Waals surface area contributed by atoms with Crippen molar-refractivity contribution in [1.82, 2.24) is 15.0 Å². The molecule has 0 spiro atoms. The van der Waals surface area contributed by atoms with E-state index in [2.05, 4.69) is 79.4 Å². The third-order valence-electron chi connectivity index (χ3n) is 5.66. The van der Waals surface area contributed by atoms with E-state index in [0.717, 1.165) is 22.4 Å². The van der Waals surface area contributed by atoms with Crippen molar-refractivity contribution in [2.24, 2.45) is 0 Å². The molecule has 0 unspecified atom stereocenters. The van der Waals surface area contributed by atoms with Crippen molar-refractivity contribution in [3.8, 4) is 0 Å². The summed E-state index contributed by atoms with van der Waals surface area (Å²) in [7, 11) is 0. The maximum absolute atomic E-state index is 4.61. The predicted octanol–water partition coefficient (Wildman–Crippen LogP) is 7.41. The number of hydrogen-bond donors (Lipinski definition) is 3. The molecule has 0 saturated heterocycles. The van der Waals surface area contributed by atoms with Crippen LogP contribution in [0.2, 0.25) is 0 Å². The first kappa shape index (κ1) is 20.6. The van der Waals surface area contributed by atoms with Gasteiger partial charge in [-0.05, 0) is 70.1 Å². The van der Waals surface area contributed by atoms with E-state index in [0.29, 0.717) is 17.8 Å². The van der Waals surface area contributed by atoms with E-state index in [9.17, 15) is 0 Å². The molecule has 35 heavy (non-hydrogen) atoms. The summed E-state index contributed by atoms with van der Waals surface area (Å²) >= 11 is 0. The second kappa shape index (κ2) is 9.11. The number of hydrogen-bond acceptors (Lipinski definition) is 6. The number of rotatable bonds is 6. The Kier molecular flexibility index (Phi) is 5.37. The summed E-state index contributed by atoms with van der Waals surface area (Å²) in [6.07, 6.45) is 0. The van der Waals surface area contributed by atoms with Crippen molar-refractivity contribution in [1.29, 1.82) is 0 Å². The summed E-state index contributed by atoms with van der Waals surface area (Å²) in [5.41, 5.74) is 2.69. The standard InChI is InChI=1S/C29H22N6/c1-3-11-24(12-4-1)30-27-33-28(31-25-13-5-2-6-14-25)35-29(34-27)32-26-16-15-22-17-20-9-7-8-10-21(20)18-23(22)19-26/h1-19H,(H3,30,31,32,33,34,35). The van der Waals surface area contributed by atoms with Crippen LogP contribution in [0.15, 0.2) is 115 Å². The second-order valence-electron chi connectivity index (χ2n) is 8.17. The number of aromatic nitrogens is 3. The zero-order chi connectivity index (χ0) is 23.5. The minimum atomic E-state index is 0.442. The highest BCUT2D eigenvalue weighted by molar-refractivity contribution is 5.99. The number of benzene rings is 5. The maximum Gasteiger partial charge on any atom is 0.233 e. The van der Waals surface area contributed by atoms with Crippen LogP contribution in [0, 0.1) is 0 Å². The molecule has 0 aliphatic rings. The Morgan fingerprint density at radius 1 is 0.343 bits per heavy atom. The molecular weight excluding hydrogens is 432 g/mol. The minimum absolute atomic E-state index is 0.442. The van der Waals surface area contributed by atoms with Crippen LogP contribution in [0.3, 0.4) is 0 Å². The van der Waals surface area contributed by atoms with Crippen LogP contribution in [-0.2, 0) is 0 Å². The highest BCUT2D eigenvalue weighted by Crippen LogP contribution is 2.27. The molecule has 6 nitrogen and oxygen atoms in total. The molecule has 0 bridgehead atoms. The van der Waals surface area contributed by atoms with Gasteiger partial charge in [0.15, 0.2) is 0 Å². The molecule has 3 N–H and O–H groups in total. The quantitative estimate of drug-likeness (QED) is 0.228. The molecule has 1 aromatic heterocycles. The maximum atomic E-state index is 4.61. The monoisotopic (exact) mass is 454 g/mol. The van der Waals surface area contributed by atoms with Gasteiger partial charge in [-0.15, -0.1) is 0 Å². The largest absolute Gasteiger partial charge is 0.324 e. The third kappa shape index (κ3) is 4.72. The normalized spacial score (nSPS) is 10.9. The molecule has 0 radical (unpaired) electrons. The summed E-state index contributed by atoms with van der Waals surface area (Å²) in [6.45, 7) is 0. The molecule has 0 saturated carbocycles. The van der Waals surface area contributed by atoms with Gasteiger partial charge in [-0.1, -0.05) is 66.7 Å². The van der Waals surface area contributed by atoms with Gasteiger partial charge in [-0.25, -0.2) is 0 Å². The SMILES string of the molecule is c1ccc(Nc2nc(Nc3ccccc3)nc(Nc3ccc4cc5ccccc5cc4c3)n2)cc1. The lowest BCUT2D eigenvalue weighted by Gasteiger charge is -2.12. The molecule has 5 aromatic carbocycles. The van der Waals surface area contributed by atoms with Crippen molar-refractivity contribution >= 4 is 56.5 Å². The van der Waals surface area contributed by atoms with Gasteiger partial charge < -0.3 is 16.0 Å². The Hall–Kier alpha value is -4.97. The van der Waals surface area contributed by atoms with E-state index in [1.807, 2.05) is 66.7 Å². The van der Waals surface area contributed by atoms with Gasteiger partial charge in [-0.2, -0.15) is 15.0 Å². The first-order chi connectivity index (χ1) is 17.3. The molecule has 6 heteroatoms. The predicted molar refractivity (Wildman–Crippen MR) is 144 cm³/mol. The lowest BCUT2D eigenvalue weighted by Crippen LogP contribution is -2.07. The van der Waals surface area contributed by atoms with E-state index in [-0.39, 0.29) is 0 Å². The van der Waals surface area contributed by atoms with Crippen LogP contribution >= 0.6 is 0 Å². The highest BCUT2D eigenvalue weighted by atomic mass is 15.3. The Bertz CT molecular complexity index is 1560. The summed E-state index contributed by atoms with van der Waals surface area (Å²) in [5.74, 6) is 1.33. The van der Waals surface area contributed by atoms with Gasteiger partial charge in [0.05, 0.1) is 0 Å². The Morgan fingerprint density at radius 3 is 1.31 bits per heavy atom. The molecule has 0 aliphatic carbocycles. The number of anilines is 6. The van der Waals surface area contributed by atoms with Gasteiger partial charge in [0.2, 0.25) is 17.8 Å². The van der Waals surface area contributed by atoms with Crippen LogP contribution in [0.25, 0.3) is 21.5 Å². The molecule has 0 amide bonds. The van der Waals surface area contributed by atoms with Crippen molar-refractivity contribution in [3.63, 3.8) is 0 Å². The third-order valence-corrected chi connectivity index (χ3v) is 5.66. The first-order valence-electron chi connectivity index (χ1n) is 11.4. The molecule has 6 aromatic rings.